The Morgan fingerprint density at radius 2 is 1.48 bits per heavy atom. The van der Waals surface area contributed by atoms with E-state index >= 15 is 0 Å². The van der Waals surface area contributed by atoms with Crippen molar-refractivity contribution >= 4 is 24.0 Å². The van der Waals surface area contributed by atoms with Gasteiger partial charge in [0.05, 0.1) is 11.2 Å². The van der Waals surface area contributed by atoms with Crippen molar-refractivity contribution in [3.63, 3.8) is 0 Å². The summed E-state index contributed by atoms with van der Waals surface area (Å²) in [5.41, 5.74) is 3.60. The molecule has 4 heteroatoms. The molecule has 0 atom stereocenters. The highest BCUT2D eigenvalue weighted by molar-refractivity contribution is 6.64. The monoisotopic (exact) mass is 309 g/mol. The second-order valence-electron chi connectivity index (χ2n) is 7.17. The minimum Gasteiger partial charge on any atom is -0.399 e. The number of nitrogens with one attached hydrogen (secondary N) is 1. The molecule has 1 saturated heterocycles. The number of rotatable bonds is 3. The van der Waals surface area contributed by atoms with Crippen LogP contribution in [0.1, 0.15) is 33.3 Å². The van der Waals surface area contributed by atoms with E-state index in [1.807, 2.05) is 30.3 Å². The summed E-state index contributed by atoms with van der Waals surface area (Å²) in [6.45, 7) is 10.4. The molecule has 3 nitrogen and oxygen atoms in total. The highest BCUT2D eigenvalue weighted by Crippen LogP contribution is 2.37. The molecule has 0 aliphatic carbocycles. The van der Waals surface area contributed by atoms with Crippen molar-refractivity contribution < 1.29 is 9.31 Å². The molecule has 0 bridgehead atoms. The predicted molar refractivity (Wildman–Crippen MR) is 96.6 cm³/mol. The molecule has 23 heavy (non-hydrogen) atoms. The molecular formula is C19H24BNO2. The minimum atomic E-state index is -0.369. The molecule has 0 unspecified atom stereocenters. The Balaban J connectivity index is 1.95. The molecular weight excluding hydrogens is 285 g/mol. The van der Waals surface area contributed by atoms with Crippen LogP contribution in [-0.2, 0) is 9.31 Å². The van der Waals surface area contributed by atoms with E-state index in [-0.39, 0.29) is 18.3 Å². The molecule has 1 N–H and O–H groups in total. The molecule has 1 heterocycles. The number of para-hydroxylation sites is 1. The summed E-state index contributed by atoms with van der Waals surface area (Å²) >= 11 is 0. The van der Waals surface area contributed by atoms with Crippen LogP contribution in [0.3, 0.4) is 0 Å². The summed E-state index contributed by atoms with van der Waals surface area (Å²) < 4.78 is 12.4. The Morgan fingerprint density at radius 1 is 0.870 bits per heavy atom. The van der Waals surface area contributed by atoms with Gasteiger partial charge < -0.3 is 14.6 Å². The van der Waals surface area contributed by atoms with E-state index in [1.165, 1.54) is 5.56 Å². The fourth-order valence-corrected chi connectivity index (χ4v) is 2.64. The van der Waals surface area contributed by atoms with Crippen LogP contribution in [0.15, 0.2) is 48.5 Å². The molecule has 0 spiro atoms. The number of hydrogen-bond donors (Lipinski definition) is 1. The maximum absolute atomic E-state index is 6.22. The molecule has 0 saturated carbocycles. The lowest BCUT2D eigenvalue weighted by molar-refractivity contribution is 0.00578. The van der Waals surface area contributed by atoms with E-state index in [0.717, 1.165) is 16.8 Å². The molecule has 0 aromatic heterocycles. The summed E-state index contributed by atoms with van der Waals surface area (Å²) in [4.78, 5) is 0. The van der Waals surface area contributed by atoms with Crippen molar-refractivity contribution in [2.24, 2.45) is 0 Å². The van der Waals surface area contributed by atoms with Crippen LogP contribution < -0.4 is 10.8 Å². The van der Waals surface area contributed by atoms with E-state index in [9.17, 15) is 0 Å². The van der Waals surface area contributed by atoms with Crippen molar-refractivity contribution in [1.29, 1.82) is 0 Å². The summed E-state index contributed by atoms with van der Waals surface area (Å²) in [5.74, 6) is 0. The molecule has 2 aromatic carbocycles. The van der Waals surface area contributed by atoms with Crippen molar-refractivity contribution in [2.75, 3.05) is 5.32 Å². The predicted octanol–water partition coefficient (Wildman–Crippen LogP) is 4.04. The Labute approximate surface area is 139 Å². The van der Waals surface area contributed by atoms with Crippen LogP contribution in [0.25, 0.3) is 0 Å². The van der Waals surface area contributed by atoms with Gasteiger partial charge in [0.15, 0.2) is 0 Å². The minimum absolute atomic E-state index is 0.342. The number of aryl methyl sites for hydroxylation is 1. The highest BCUT2D eigenvalue weighted by atomic mass is 16.7. The van der Waals surface area contributed by atoms with E-state index in [4.69, 9.17) is 9.31 Å². The zero-order valence-electron chi connectivity index (χ0n) is 14.5. The zero-order valence-corrected chi connectivity index (χ0v) is 14.5. The first-order valence-electron chi connectivity index (χ1n) is 8.07. The van der Waals surface area contributed by atoms with Crippen LogP contribution in [0.5, 0.6) is 0 Å². The standard InChI is InChI=1S/C19H24BNO2/c1-14-11-12-17(21-15-9-7-6-8-10-15)16(13-14)20-22-18(2,3)19(4,5)23-20/h6-13,21H,1-5H3. The average Bonchev–Trinajstić information content (AvgIpc) is 2.70. The van der Waals surface area contributed by atoms with Gasteiger partial charge in [-0.15, -0.1) is 0 Å². The average molecular weight is 309 g/mol. The third-order valence-corrected chi connectivity index (χ3v) is 4.77. The maximum Gasteiger partial charge on any atom is 0.496 e. The van der Waals surface area contributed by atoms with Gasteiger partial charge in [-0.3, -0.25) is 0 Å². The zero-order chi connectivity index (χ0) is 16.7. The third-order valence-electron chi connectivity index (χ3n) is 4.77. The first-order valence-corrected chi connectivity index (χ1v) is 8.07. The van der Waals surface area contributed by atoms with Gasteiger partial charge in [0.25, 0.3) is 0 Å². The molecule has 3 rings (SSSR count). The maximum atomic E-state index is 6.22. The highest BCUT2D eigenvalue weighted by Gasteiger charge is 2.52. The van der Waals surface area contributed by atoms with Crippen LogP contribution in [0, 0.1) is 6.92 Å². The van der Waals surface area contributed by atoms with Gasteiger partial charge in [0.2, 0.25) is 0 Å². The van der Waals surface area contributed by atoms with Crippen molar-refractivity contribution in [1.82, 2.24) is 0 Å². The van der Waals surface area contributed by atoms with E-state index in [0.29, 0.717) is 0 Å². The van der Waals surface area contributed by atoms with Crippen LogP contribution in [0.4, 0.5) is 11.4 Å². The molecule has 1 aliphatic rings. The van der Waals surface area contributed by atoms with Gasteiger partial charge in [0, 0.05) is 16.8 Å². The molecule has 0 radical (unpaired) electrons. The van der Waals surface area contributed by atoms with Crippen molar-refractivity contribution in [3.05, 3.63) is 54.1 Å². The van der Waals surface area contributed by atoms with Crippen molar-refractivity contribution in [3.8, 4) is 0 Å². The van der Waals surface area contributed by atoms with Crippen LogP contribution in [0.2, 0.25) is 0 Å². The molecule has 0 amide bonds. The Hall–Kier alpha value is -1.78. The molecule has 120 valence electrons. The first-order chi connectivity index (χ1) is 10.8. The first kappa shape index (κ1) is 16.1. The normalized spacial score (nSPS) is 18.9. The van der Waals surface area contributed by atoms with Crippen LogP contribution in [-0.4, -0.2) is 18.3 Å². The Kier molecular flexibility index (Phi) is 3.99. The number of benzene rings is 2. The lowest BCUT2D eigenvalue weighted by Gasteiger charge is -2.32. The quantitative estimate of drug-likeness (QED) is 0.868. The smallest absolute Gasteiger partial charge is 0.399 e. The topological polar surface area (TPSA) is 30.5 Å². The Morgan fingerprint density at radius 3 is 2.09 bits per heavy atom. The van der Waals surface area contributed by atoms with Gasteiger partial charge in [-0.25, -0.2) is 0 Å². The van der Waals surface area contributed by atoms with Gasteiger partial charge in [-0.1, -0.05) is 35.9 Å². The van der Waals surface area contributed by atoms with Gasteiger partial charge >= 0.3 is 7.12 Å². The lowest BCUT2D eigenvalue weighted by atomic mass is 9.77. The molecule has 2 aromatic rings. The second-order valence-corrected chi connectivity index (χ2v) is 7.17. The summed E-state index contributed by atoms with van der Waals surface area (Å²) in [6.07, 6.45) is 0. The van der Waals surface area contributed by atoms with E-state index in [2.05, 4.69) is 58.1 Å². The summed E-state index contributed by atoms with van der Waals surface area (Å²) in [7, 11) is -0.369. The van der Waals surface area contributed by atoms with Crippen LogP contribution >= 0.6 is 0 Å². The fourth-order valence-electron chi connectivity index (χ4n) is 2.64. The largest absolute Gasteiger partial charge is 0.496 e. The third kappa shape index (κ3) is 3.14. The molecule has 1 fully saturated rings. The van der Waals surface area contributed by atoms with Gasteiger partial charge in [-0.2, -0.15) is 0 Å². The summed E-state index contributed by atoms with van der Waals surface area (Å²) in [6, 6.07) is 16.5. The summed E-state index contributed by atoms with van der Waals surface area (Å²) in [5, 5.41) is 3.47. The van der Waals surface area contributed by atoms with Crippen molar-refractivity contribution in [2.45, 2.75) is 45.8 Å². The second kappa shape index (κ2) is 5.70. The lowest BCUT2D eigenvalue weighted by Crippen LogP contribution is -2.41. The van der Waals surface area contributed by atoms with E-state index in [1.54, 1.807) is 0 Å². The van der Waals surface area contributed by atoms with E-state index < -0.39 is 0 Å². The number of hydrogen-bond acceptors (Lipinski definition) is 3. The SMILES string of the molecule is Cc1ccc(Nc2ccccc2)c(B2OC(C)(C)C(C)(C)O2)c1. The van der Waals surface area contributed by atoms with Gasteiger partial charge in [0.1, 0.15) is 0 Å². The molecule has 1 aliphatic heterocycles. The van der Waals surface area contributed by atoms with Gasteiger partial charge in [-0.05, 0) is 52.8 Å². The number of anilines is 2. The Bertz CT molecular complexity index is 682. The fraction of sp³-hybridized carbons (Fsp3) is 0.368.